The average Bonchev–Trinajstić information content (AvgIpc) is 2.46. The van der Waals surface area contributed by atoms with E-state index in [9.17, 15) is 13.6 Å². The van der Waals surface area contributed by atoms with Gasteiger partial charge in [0.1, 0.15) is 5.60 Å². The number of nitrogens with zero attached hydrogens (tertiary/aromatic N) is 1. The number of carbonyl (C=O) groups is 1. The van der Waals surface area contributed by atoms with E-state index in [2.05, 4.69) is 0 Å². The van der Waals surface area contributed by atoms with Gasteiger partial charge in [0.2, 0.25) is 6.43 Å². The molecule has 1 aliphatic heterocycles. The van der Waals surface area contributed by atoms with Crippen molar-refractivity contribution in [2.24, 2.45) is 0 Å². The van der Waals surface area contributed by atoms with E-state index in [0.29, 0.717) is 25.9 Å². The van der Waals surface area contributed by atoms with E-state index in [1.165, 1.54) is 0 Å². The van der Waals surface area contributed by atoms with E-state index in [-0.39, 0.29) is 12.5 Å². The van der Waals surface area contributed by atoms with Crippen molar-refractivity contribution in [2.45, 2.75) is 64.4 Å². The van der Waals surface area contributed by atoms with Gasteiger partial charge in [-0.05, 0) is 46.1 Å². The van der Waals surface area contributed by atoms with Crippen LogP contribution in [-0.2, 0) is 10.2 Å². The second-order valence-corrected chi connectivity index (χ2v) is 7.71. The summed E-state index contributed by atoms with van der Waals surface area (Å²) in [7, 11) is 0. The number of halogens is 2. The SMILES string of the molecule is Cc1ccc(C2(CC(F)F)CCN(C(=O)OC(C)(C)C)CC2)cc1. The minimum atomic E-state index is -2.36. The Balaban J connectivity index is 2.13. The van der Waals surface area contributed by atoms with E-state index in [0.717, 1.165) is 11.1 Å². The molecule has 1 amide bonds. The van der Waals surface area contributed by atoms with Gasteiger partial charge in [0.15, 0.2) is 0 Å². The Morgan fingerprint density at radius 3 is 2.21 bits per heavy atom. The Bertz CT molecular complexity index is 556. The fraction of sp³-hybridized carbons (Fsp3) is 0.632. The van der Waals surface area contributed by atoms with Crippen LogP contribution in [0.5, 0.6) is 0 Å². The molecule has 5 heteroatoms. The summed E-state index contributed by atoms with van der Waals surface area (Å²) in [6.07, 6.45) is -1.84. The van der Waals surface area contributed by atoms with Gasteiger partial charge in [-0.2, -0.15) is 0 Å². The minimum Gasteiger partial charge on any atom is -0.444 e. The molecule has 24 heavy (non-hydrogen) atoms. The molecule has 1 aliphatic rings. The molecule has 1 fully saturated rings. The van der Waals surface area contributed by atoms with Gasteiger partial charge in [0.25, 0.3) is 0 Å². The molecule has 134 valence electrons. The molecule has 3 nitrogen and oxygen atoms in total. The topological polar surface area (TPSA) is 29.5 Å². The number of amides is 1. The maximum atomic E-state index is 13.2. The van der Waals surface area contributed by atoms with Gasteiger partial charge in [0.05, 0.1) is 0 Å². The third kappa shape index (κ3) is 4.68. The smallest absolute Gasteiger partial charge is 0.410 e. The highest BCUT2D eigenvalue weighted by Gasteiger charge is 2.40. The zero-order valence-electron chi connectivity index (χ0n) is 14.9. The van der Waals surface area contributed by atoms with Gasteiger partial charge in [-0.15, -0.1) is 0 Å². The van der Waals surface area contributed by atoms with Crippen LogP contribution in [0.25, 0.3) is 0 Å². The maximum absolute atomic E-state index is 13.2. The second-order valence-electron chi connectivity index (χ2n) is 7.71. The number of benzene rings is 1. The first kappa shape index (κ1) is 18.7. The third-order valence-electron chi connectivity index (χ3n) is 4.58. The quantitative estimate of drug-likeness (QED) is 0.782. The van der Waals surface area contributed by atoms with Crippen molar-refractivity contribution in [3.63, 3.8) is 0 Å². The third-order valence-corrected chi connectivity index (χ3v) is 4.58. The predicted molar refractivity (Wildman–Crippen MR) is 90.5 cm³/mol. The number of aryl methyl sites for hydroxylation is 1. The average molecular weight is 339 g/mol. The van der Waals surface area contributed by atoms with Gasteiger partial charge in [-0.25, -0.2) is 13.6 Å². The van der Waals surface area contributed by atoms with Gasteiger partial charge < -0.3 is 9.64 Å². The van der Waals surface area contributed by atoms with Crippen LogP contribution in [-0.4, -0.2) is 36.1 Å². The van der Waals surface area contributed by atoms with Crippen LogP contribution in [0.1, 0.15) is 51.2 Å². The van der Waals surface area contributed by atoms with Crippen molar-refractivity contribution in [2.75, 3.05) is 13.1 Å². The lowest BCUT2D eigenvalue weighted by Gasteiger charge is -2.42. The molecule has 0 aromatic heterocycles. The van der Waals surface area contributed by atoms with Gasteiger partial charge in [0, 0.05) is 24.9 Å². The maximum Gasteiger partial charge on any atom is 0.410 e. The summed E-state index contributed by atoms with van der Waals surface area (Å²) >= 11 is 0. The van der Waals surface area contributed by atoms with Crippen LogP contribution in [0.15, 0.2) is 24.3 Å². The van der Waals surface area contributed by atoms with Crippen molar-refractivity contribution in [1.29, 1.82) is 0 Å². The Hall–Kier alpha value is -1.65. The molecule has 0 unspecified atom stereocenters. The number of ether oxygens (including phenoxy) is 1. The molecule has 2 rings (SSSR count). The van der Waals surface area contributed by atoms with E-state index >= 15 is 0 Å². The van der Waals surface area contributed by atoms with Crippen LogP contribution in [0.2, 0.25) is 0 Å². The summed E-state index contributed by atoms with van der Waals surface area (Å²) < 4.78 is 31.8. The summed E-state index contributed by atoms with van der Waals surface area (Å²) in [5, 5.41) is 0. The summed E-state index contributed by atoms with van der Waals surface area (Å²) in [6, 6.07) is 7.81. The van der Waals surface area contributed by atoms with E-state index < -0.39 is 17.4 Å². The number of hydrogen-bond donors (Lipinski definition) is 0. The summed E-state index contributed by atoms with van der Waals surface area (Å²) in [5.74, 6) is 0. The molecule has 0 radical (unpaired) electrons. The first-order valence-corrected chi connectivity index (χ1v) is 8.45. The van der Waals surface area contributed by atoms with Crippen molar-refractivity contribution >= 4 is 6.09 Å². The first-order chi connectivity index (χ1) is 11.1. The lowest BCUT2D eigenvalue weighted by molar-refractivity contribution is 0.0110. The number of piperidine rings is 1. The summed E-state index contributed by atoms with van der Waals surface area (Å²) in [4.78, 5) is 13.8. The number of carbonyl (C=O) groups excluding carboxylic acids is 1. The Morgan fingerprint density at radius 1 is 1.21 bits per heavy atom. The molecular weight excluding hydrogens is 312 g/mol. The number of likely N-dealkylation sites (tertiary alicyclic amines) is 1. The van der Waals surface area contributed by atoms with Crippen molar-refractivity contribution in [1.82, 2.24) is 4.90 Å². The lowest BCUT2D eigenvalue weighted by Crippen LogP contribution is -2.47. The number of rotatable bonds is 3. The summed E-state index contributed by atoms with van der Waals surface area (Å²) in [6.45, 7) is 8.33. The van der Waals surface area contributed by atoms with Crippen molar-refractivity contribution in [3.8, 4) is 0 Å². The van der Waals surface area contributed by atoms with Gasteiger partial charge in [-0.3, -0.25) is 0 Å². The molecule has 0 atom stereocenters. The Kier molecular flexibility index (Phi) is 5.51. The fourth-order valence-electron chi connectivity index (χ4n) is 3.26. The predicted octanol–water partition coefficient (Wildman–Crippen LogP) is 4.92. The van der Waals surface area contributed by atoms with E-state index in [4.69, 9.17) is 4.74 Å². The largest absolute Gasteiger partial charge is 0.444 e. The highest BCUT2D eigenvalue weighted by molar-refractivity contribution is 5.68. The van der Waals surface area contributed by atoms with Crippen LogP contribution in [0.4, 0.5) is 13.6 Å². The molecule has 0 saturated carbocycles. The fourth-order valence-corrected chi connectivity index (χ4v) is 3.26. The molecule has 1 aromatic rings. The molecule has 1 aromatic carbocycles. The molecule has 1 saturated heterocycles. The van der Waals surface area contributed by atoms with Crippen LogP contribution < -0.4 is 0 Å². The number of alkyl halides is 2. The Morgan fingerprint density at radius 2 is 1.75 bits per heavy atom. The van der Waals surface area contributed by atoms with Gasteiger partial charge >= 0.3 is 6.09 Å². The monoisotopic (exact) mass is 339 g/mol. The normalized spacial score (nSPS) is 17.9. The van der Waals surface area contributed by atoms with Crippen LogP contribution in [0, 0.1) is 6.92 Å². The highest BCUT2D eigenvalue weighted by atomic mass is 19.3. The second kappa shape index (κ2) is 7.08. The lowest BCUT2D eigenvalue weighted by atomic mass is 9.70. The van der Waals surface area contributed by atoms with Crippen LogP contribution in [0.3, 0.4) is 0 Å². The van der Waals surface area contributed by atoms with Crippen LogP contribution >= 0.6 is 0 Å². The first-order valence-electron chi connectivity index (χ1n) is 8.45. The van der Waals surface area contributed by atoms with Crippen molar-refractivity contribution in [3.05, 3.63) is 35.4 Å². The van der Waals surface area contributed by atoms with Crippen molar-refractivity contribution < 1.29 is 18.3 Å². The molecule has 0 N–H and O–H groups in total. The molecular formula is C19H27F2NO2. The minimum absolute atomic E-state index is 0.168. The van der Waals surface area contributed by atoms with Gasteiger partial charge in [-0.1, -0.05) is 29.8 Å². The zero-order chi connectivity index (χ0) is 18.0. The molecule has 0 spiro atoms. The Labute approximate surface area is 143 Å². The standard InChI is InChI=1S/C19H27F2NO2/c1-14-5-7-15(8-6-14)19(13-16(20)21)9-11-22(12-10-19)17(23)24-18(2,3)4/h5-8,16H,9-13H2,1-4H3. The molecule has 1 heterocycles. The van der Waals surface area contributed by atoms with E-state index in [1.807, 2.05) is 52.0 Å². The molecule has 0 aliphatic carbocycles. The van der Waals surface area contributed by atoms with E-state index in [1.54, 1.807) is 4.90 Å². The summed E-state index contributed by atoms with van der Waals surface area (Å²) in [5.41, 5.74) is 0.931. The highest BCUT2D eigenvalue weighted by Crippen LogP contribution is 2.40. The molecule has 0 bridgehead atoms. The number of hydrogen-bond acceptors (Lipinski definition) is 2. The zero-order valence-corrected chi connectivity index (χ0v) is 14.9.